The first kappa shape index (κ1) is 21.9. The van der Waals surface area contributed by atoms with Crippen LogP contribution in [-0.4, -0.2) is 55.4 Å². The van der Waals surface area contributed by atoms with Gasteiger partial charge in [-0.15, -0.1) is 0 Å². The molecule has 1 N–H and O–H groups in total. The number of carbonyl (C=O) groups is 2. The summed E-state index contributed by atoms with van der Waals surface area (Å²) >= 11 is 6.31. The number of nitrogens with zero attached hydrogens (tertiary/aromatic N) is 2. The van der Waals surface area contributed by atoms with Crippen molar-refractivity contribution in [3.05, 3.63) is 52.8 Å². The van der Waals surface area contributed by atoms with E-state index in [0.29, 0.717) is 25.4 Å². The fourth-order valence-electron chi connectivity index (χ4n) is 3.25. The number of hydrogen-bond acceptors (Lipinski definition) is 6. The second kappa shape index (κ2) is 10.3. The minimum atomic E-state index is -0.580. The van der Waals surface area contributed by atoms with E-state index in [0.717, 1.165) is 18.4 Å². The van der Waals surface area contributed by atoms with Crippen LogP contribution in [0.3, 0.4) is 0 Å². The quantitative estimate of drug-likeness (QED) is 0.669. The van der Waals surface area contributed by atoms with Gasteiger partial charge in [0.25, 0.3) is 0 Å². The van der Waals surface area contributed by atoms with E-state index in [1.54, 1.807) is 17.3 Å². The van der Waals surface area contributed by atoms with Gasteiger partial charge in [-0.05, 0) is 30.5 Å². The van der Waals surface area contributed by atoms with Crippen LogP contribution in [0.25, 0.3) is 0 Å². The second-order valence-corrected chi connectivity index (χ2v) is 7.24. The van der Waals surface area contributed by atoms with Crippen LogP contribution in [0.4, 0.5) is 10.5 Å². The summed E-state index contributed by atoms with van der Waals surface area (Å²) in [7, 11) is 2.69. The highest BCUT2D eigenvalue weighted by atomic mass is 35.5. The van der Waals surface area contributed by atoms with Crippen LogP contribution in [0.2, 0.25) is 5.02 Å². The Morgan fingerprint density at radius 2 is 2.20 bits per heavy atom. The number of pyridine rings is 1. The van der Waals surface area contributed by atoms with Gasteiger partial charge in [0.05, 0.1) is 31.0 Å². The third-order valence-electron chi connectivity index (χ3n) is 4.77. The van der Waals surface area contributed by atoms with Gasteiger partial charge < -0.3 is 24.4 Å². The fraction of sp³-hybridized carbons (Fsp3) is 0.381. The van der Waals surface area contributed by atoms with E-state index in [1.165, 1.54) is 26.4 Å². The molecular weight excluding hydrogens is 410 g/mol. The lowest BCUT2D eigenvalue weighted by atomic mass is 10.1. The molecule has 0 spiro atoms. The predicted octanol–water partition coefficient (Wildman–Crippen LogP) is 3.74. The zero-order valence-electron chi connectivity index (χ0n) is 16.9. The zero-order chi connectivity index (χ0) is 21.5. The monoisotopic (exact) mass is 433 g/mol. The normalized spacial score (nSPS) is 15.5. The number of amides is 2. The summed E-state index contributed by atoms with van der Waals surface area (Å²) < 4.78 is 15.7. The maximum absolute atomic E-state index is 13.1. The molecule has 1 aliphatic rings. The molecule has 3 rings (SSSR count). The second-order valence-electron chi connectivity index (χ2n) is 6.83. The molecule has 0 radical (unpaired) electrons. The Labute approximate surface area is 180 Å². The van der Waals surface area contributed by atoms with Gasteiger partial charge in [-0.3, -0.25) is 4.98 Å². The van der Waals surface area contributed by atoms with Crippen LogP contribution in [0.5, 0.6) is 5.75 Å². The molecule has 1 fully saturated rings. The Morgan fingerprint density at radius 1 is 1.37 bits per heavy atom. The summed E-state index contributed by atoms with van der Waals surface area (Å²) in [5.41, 5.74) is 1.40. The van der Waals surface area contributed by atoms with E-state index in [2.05, 4.69) is 10.3 Å². The van der Waals surface area contributed by atoms with Gasteiger partial charge in [-0.25, -0.2) is 9.59 Å². The van der Waals surface area contributed by atoms with Gasteiger partial charge in [0, 0.05) is 38.2 Å². The van der Waals surface area contributed by atoms with Crippen molar-refractivity contribution < 1.29 is 23.8 Å². The van der Waals surface area contributed by atoms with E-state index in [1.807, 2.05) is 12.1 Å². The van der Waals surface area contributed by atoms with Crippen LogP contribution in [-0.2, 0) is 16.0 Å². The van der Waals surface area contributed by atoms with Gasteiger partial charge in [0.2, 0.25) is 0 Å². The number of halogens is 1. The maximum Gasteiger partial charge on any atom is 0.341 e. The van der Waals surface area contributed by atoms with Crippen molar-refractivity contribution in [2.75, 3.05) is 32.7 Å². The Balaban J connectivity index is 1.81. The Bertz CT molecular complexity index is 888. The zero-order valence-corrected chi connectivity index (χ0v) is 17.6. The lowest BCUT2D eigenvalue weighted by Crippen LogP contribution is -2.39. The summed E-state index contributed by atoms with van der Waals surface area (Å²) in [6.07, 6.45) is 5.27. The van der Waals surface area contributed by atoms with E-state index in [-0.39, 0.29) is 28.5 Å². The molecule has 2 heterocycles. The number of hydrogen-bond donors (Lipinski definition) is 1. The third kappa shape index (κ3) is 5.40. The molecular formula is C21H24ClN3O5. The lowest BCUT2D eigenvalue weighted by molar-refractivity contribution is 0.0597. The highest BCUT2D eigenvalue weighted by Gasteiger charge is 2.24. The summed E-state index contributed by atoms with van der Waals surface area (Å²) in [6.45, 7) is 1.51. The van der Waals surface area contributed by atoms with Crippen molar-refractivity contribution in [1.29, 1.82) is 0 Å². The predicted molar refractivity (Wildman–Crippen MR) is 112 cm³/mol. The smallest absolute Gasteiger partial charge is 0.341 e. The summed E-state index contributed by atoms with van der Waals surface area (Å²) in [5.74, 6) is -0.331. The molecule has 0 aliphatic carbocycles. The van der Waals surface area contributed by atoms with E-state index in [9.17, 15) is 9.59 Å². The first-order chi connectivity index (χ1) is 14.5. The van der Waals surface area contributed by atoms with E-state index in [4.69, 9.17) is 25.8 Å². The highest BCUT2D eigenvalue weighted by molar-refractivity contribution is 6.34. The Kier molecular flexibility index (Phi) is 7.48. The molecule has 1 aromatic heterocycles. The molecule has 1 unspecified atom stereocenters. The lowest BCUT2D eigenvalue weighted by Gasteiger charge is -2.26. The minimum Gasteiger partial charge on any atom is -0.496 e. The average molecular weight is 434 g/mol. The molecule has 160 valence electrons. The molecule has 9 heteroatoms. The molecule has 8 nitrogen and oxygen atoms in total. The molecule has 2 aromatic rings. The Morgan fingerprint density at radius 3 is 2.83 bits per heavy atom. The van der Waals surface area contributed by atoms with Crippen molar-refractivity contribution in [3.63, 3.8) is 0 Å². The van der Waals surface area contributed by atoms with E-state index < -0.39 is 5.97 Å². The summed E-state index contributed by atoms with van der Waals surface area (Å²) in [6, 6.07) is 6.30. The number of carbonyl (C=O) groups excluding carboxylic acids is 2. The number of rotatable bonds is 7. The number of urea groups is 1. The van der Waals surface area contributed by atoms with E-state index >= 15 is 0 Å². The number of aromatic nitrogens is 1. The summed E-state index contributed by atoms with van der Waals surface area (Å²) in [4.78, 5) is 30.8. The first-order valence-corrected chi connectivity index (χ1v) is 9.92. The standard InChI is InChI=1S/C21H24ClN3O5/c1-28-19-10-18(17(22)9-16(19)20(26)29-2)24-21(27)25(13-15-6-4-8-30-15)12-14-5-3-7-23-11-14/h3,5,7,9-11,15H,4,6,8,12-13H2,1-2H3,(H,24,27). The number of nitrogens with one attached hydrogen (secondary N) is 1. The van der Waals surface area contributed by atoms with Gasteiger partial charge >= 0.3 is 12.0 Å². The fourth-order valence-corrected chi connectivity index (χ4v) is 3.46. The third-order valence-corrected chi connectivity index (χ3v) is 5.08. The van der Waals surface area contributed by atoms with Crippen LogP contribution < -0.4 is 10.1 Å². The molecule has 1 atom stereocenters. The van der Waals surface area contributed by atoms with Crippen LogP contribution >= 0.6 is 11.6 Å². The van der Waals surface area contributed by atoms with Crippen molar-refractivity contribution in [2.24, 2.45) is 0 Å². The average Bonchev–Trinajstić information content (AvgIpc) is 3.27. The van der Waals surface area contributed by atoms with Crippen LogP contribution in [0, 0.1) is 0 Å². The largest absolute Gasteiger partial charge is 0.496 e. The molecule has 1 aromatic carbocycles. The van der Waals surface area contributed by atoms with Gasteiger partial charge in [0.1, 0.15) is 11.3 Å². The molecule has 0 bridgehead atoms. The molecule has 2 amide bonds. The highest BCUT2D eigenvalue weighted by Crippen LogP contribution is 2.32. The van der Waals surface area contributed by atoms with Crippen molar-refractivity contribution in [1.82, 2.24) is 9.88 Å². The number of esters is 1. The van der Waals surface area contributed by atoms with Crippen molar-refractivity contribution in [2.45, 2.75) is 25.5 Å². The topological polar surface area (TPSA) is 90.0 Å². The van der Waals surface area contributed by atoms with Gasteiger partial charge in [-0.1, -0.05) is 17.7 Å². The van der Waals surface area contributed by atoms with Crippen LogP contribution in [0.1, 0.15) is 28.8 Å². The SMILES string of the molecule is COC(=O)c1cc(Cl)c(NC(=O)N(Cc2cccnc2)CC2CCCO2)cc1OC. The molecule has 1 aliphatic heterocycles. The molecule has 0 saturated carbocycles. The first-order valence-electron chi connectivity index (χ1n) is 9.54. The van der Waals surface area contributed by atoms with Crippen molar-refractivity contribution in [3.8, 4) is 5.75 Å². The van der Waals surface area contributed by atoms with Crippen LogP contribution in [0.15, 0.2) is 36.7 Å². The number of anilines is 1. The van der Waals surface area contributed by atoms with Gasteiger partial charge in [0.15, 0.2) is 0 Å². The summed E-state index contributed by atoms with van der Waals surface area (Å²) in [5, 5.41) is 3.01. The molecule has 30 heavy (non-hydrogen) atoms. The molecule has 1 saturated heterocycles. The number of ether oxygens (including phenoxy) is 3. The minimum absolute atomic E-state index is 0.0147. The number of benzene rings is 1. The number of methoxy groups -OCH3 is 2. The maximum atomic E-state index is 13.1. The Hall–Kier alpha value is -2.84. The van der Waals surface area contributed by atoms with Crippen molar-refractivity contribution >= 4 is 29.3 Å². The van der Waals surface area contributed by atoms with Gasteiger partial charge in [-0.2, -0.15) is 0 Å².